The molecule has 1 aromatic heterocycles. The zero-order valence-corrected chi connectivity index (χ0v) is 17.8. The highest BCUT2D eigenvalue weighted by atomic mass is 19.1. The Morgan fingerprint density at radius 3 is 2.69 bits per heavy atom. The molecule has 2 atom stereocenters. The van der Waals surface area contributed by atoms with Crippen LogP contribution in [-0.4, -0.2) is 47.6 Å². The first-order chi connectivity index (χ1) is 15.7. The van der Waals surface area contributed by atoms with E-state index in [2.05, 4.69) is 10.1 Å². The molecule has 32 heavy (non-hydrogen) atoms. The minimum Gasteiger partial charge on any atom is -0.467 e. The number of halogens is 1. The summed E-state index contributed by atoms with van der Waals surface area (Å²) >= 11 is 0. The summed E-state index contributed by atoms with van der Waals surface area (Å²) in [6, 6.07) is 20.2. The summed E-state index contributed by atoms with van der Waals surface area (Å²) in [4.78, 5) is 7.72. The van der Waals surface area contributed by atoms with E-state index in [-0.39, 0.29) is 18.5 Å². The van der Waals surface area contributed by atoms with Crippen molar-refractivity contribution < 1.29 is 23.5 Å². The van der Waals surface area contributed by atoms with Gasteiger partial charge in [0, 0.05) is 31.6 Å². The predicted molar refractivity (Wildman–Crippen MR) is 119 cm³/mol. The third-order valence-corrected chi connectivity index (χ3v) is 5.23. The van der Waals surface area contributed by atoms with Crippen molar-refractivity contribution >= 4 is 5.71 Å². The lowest BCUT2D eigenvalue weighted by Gasteiger charge is -2.27. The second kappa shape index (κ2) is 11.0. The molecule has 0 radical (unpaired) electrons. The van der Waals surface area contributed by atoms with E-state index >= 15 is 0 Å². The number of furan rings is 1. The van der Waals surface area contributed by atoms with Gasteiger partial charge in [-0.3, -0.25) is 4.90 Å². The van der Waals surface area contributed by atoms with E-state index in [1.54, 1.807) is 30.5 Å². The number of oxime groups is 1. The molecule has 0 fully saturated rings. The first-order valence-corrected chi connectivity index (χ1v) is 10.7. The van der Waals surface area contributed by atoms with Gasteiger partial charge >= 0.3 is 0 Å². The van der Waals surface area contributed by atoms with Crippen LogP contribution in [0.1, 0.15) is 23.3 Å². The van der Waals surface area contributed by atoms with Gasteiger partial charge in [0.1, 0.15) is 24.3 Å². The Hall–Kier alpha value is -3.00. The molecule has 0 amide bonds. The molecule has 0 saturated carbocycles. The second-order valence-corrected chi connectivity index (χ2v) is 7.88. The fraction of sp³-hybridized carbons (Fsp3) is 0.320. The van der Waals surface area contributed by atoms with Crippen LogP contribution in [0.3, 0.4) is 0 Å². The van der Waals surface area contributed by atoms with Crippen molar-refractivity contribution in [2.75, 3.05) is 19.7 Å². The highest BCUT2D eigenvalue weighted by Crippen LogP contribution is 2.20. The van der Waals surface area contributed by atoms with Crippen molar-refractivity contribution in [2.45, 2.75) is 31.8 Å². The van der Waals surface area contributed by atoms with E-state index in [4.69, 9.17) is 14.0 Å². The Kier molecular flexibility index (Phi) is 7.66. The average molecular weight is 438 g/mol. The maximum Gasteiger partial charge on any atom is 0.145 e. The molecule has 1 N–H and O–H groups in total. The first kappa shape index (κ1) is 22.2. The summed E-state index contributed by atoms with van der Waals surface area (Å²) < 4.78 is 24.9. The molecule has 1 aliphatic rings. The molecular weight excluding hydrogens is 411 g/mol. The lowest BCUT2D eigenvalue weighted by atomic mass is 10.0. The molecule has 6 nitrogen and oxygen atoms in total. The number of nitrogens with zero attached hydrogens (tertiary/aromatic N) is 2. The van der Waals surface area contributed by atoms with E-state index < -0.39 is 6.10 Å². The molecule has 3 aromatic rings. The van der Waals surface area contributed by atoms with Gasteiger partial charge in [0.25, 0.3) is 0 Å². The molecule has 4 rings (SSSR count). The minimum atomic E-state index is -0.679. The number of hydrogen-bond donors (Lipinski definition) is 1. The van der Waals surface area contributed by atoms with Crippen LogP contribution in [0.4, 0.5) is 4.39 Å². The lowest BCUT2D eigenvalue weighted by Crippen LogP contribution is -2.39. The van der Waals surface area contributed by atoms with Crippen molar-refractivity contribution in [3.63, 3.8) is 0 Å². The van der Waals surface area contributed by atoms with Gasteiger partial charge in [-0.2, -0.15) is 0 Å². The maximum atomic E-state index is 14.1. The summed E-state index contributed by atoms with van der Waals surface area (Å²) in [5, 5.41) is 14.7. The van der Waals surface area contributed by atoms with Crippen molar-refractivity contribution in [3.05, 3.63) is 95.7 Å². The van der Waals surface area contributed by atoms with E-state index in [0.29, 0.717) is 43.9 Å². The zero-order valence-electron chi connectivity index (χ0n) is 17.8. The zero-order chi connectivity index (χ0) is 22.2. The van der Waals surface area contributed by atoms with Crippen molar-refractivity contribution in [1.82, 2.24) is 4.90 Å². The monoisotopic (exact) mass is 438 g/mol. The quantitative estimate of drug-likeness (QED) is 0.490. The summed E-state index contributed by atoms with van der Waals surface area (Å²) in [7, 11) is 0. The lowest BCUT2D eigenvalue weighted by molar-refractivity contribution is -0.00955. The number of ether oxygens (including phenoxy) is 1. The van der Waals surface area contributed by atoms with Crippen LogP contribution >= 0.6 is 0 Å². The van der Waals surface area contributed by atoms with Crippen LogP contribution in [0.25, 0.3) is 0 Å². The molecule has 0 aliphatic carbocycles. The van der Waals surface area contributed by atoms with Crippen LogP contribution in [0.15, 0.2) is 82.6 Å². The average Bonchev–Trinajstić information content (AvgIpc) is 3.47. The summed E-state index contributed by atoms with van der Waals surface area (Å²) in [6.45, 7) is 2.10. The number of hydrogen-bond acceptors (Lipinski definition) is 6. The van der Waals surface area contributed by atoms with E-state index in [1.165, 1.54) is 6.07 Å². The Balaban J connectivity index is 1.33. The fourth-order valence-corrected chi connectivity index (χ4v) is 3.75. The maximum absolute atomic E-state index is 14.1. The van der Waals surface area contributed by atoms with Crippen LogP contribution in [0, 0.1) is 5.82 Å². The van der Waals surface area contributed by atoms with Crippen LogP contribution in [-0.2, 0) is 22.7 Å². The largest absolute Gasteiger partial charge is 0.467 e. The van der Waals surface area contributed by atoms with Gasteiger partial charge in [0.05, 0.1) is 24.7 Å². The van der Waals surface area contributed by atoms with Crippen molar-refractivity contribution in [1.29, 1.82) is 0 Å². The number of rotatable bonds is 11. The normalized spacial score (nSPS) is 16.7. The minimum absolute atomic E-state index is 0.189. The highest BCUT2D eigenvalue weighted by molar-refractivity contribution is 6.01. The third-order valence-electron chi connectivity index (χ3n) is 5.23. The van der Waals surface area contributed by atoms with Crippen molar-refractivity contribution in [2.24, 2.45) is 5.16 Å². The van der Waals surface area contributed by atoms with Crippen LogP contribution in [0.2, 0.25) is 0 Å². The Morgan fingerprint density at radius 2 is 1.91 bits per heavy atom. The molecule has 1 aliphatic heterocycles. The van der Waals surface area contributed by atoms with Crippen LogP contribution < -0.4 is 0 Å². The summed E-state index contributed by atoms with van der Waals surface area (Å²) in [5.41, 5.74) is 2.20. The van der Waals surface area contributed by atoms with Crippen LogP contribution in [0.5, 0.6) is 0 Å². The van der Waals surface area contributed by atoms with E-state index in [1.807, 2.05) is 36.4 Å². The van der Waals surface area contributed by atoms with Gasteiger partial charge in [-0.1, -0.05) is 53.7 Å². The predicted octanol–water partition coefficient (Wildman–Crippen LogP) is 3.99. The number of benzene rings is 2. The van der Waals surface area contributed by atoms with E-state index in [9.17, 15) is 9.50 Å². The van der Waals surface area contributed by atoms with Gasteiger partial charge < -0.3 is 19.1 Å². The summed E-state index contributed by atoms with van der Waals surface area (Å²) in [6.07, 6.45) is 1.21. The molecule has 0 saturated heterocycles. The van der Waals surface area contributed by atoms with Gasteiger partial charge in [0.15, 0.2) is 0 Å². The molecule has 168 valence electrons. The molecule has 2 heterocycles. The third kappa shape index (κ3) is 6.26. The Labute approximate surface area is 186 Å². The number of aliphatic hydroxyl groups is 1. The number of aliphatic hydroxyl groups excluding tert-OH is 1. The van der Waals surface area contributed by atoms with Gasteiger partial charge in [-0.15, -0.1) is 0 Å². The van der Waals surface area contributed by atoms with Gasteiger partial charge in [-0.05, 0) is 23.8 Å². The smallest absolute Gasteiger partial charge is 0.145 e. The second-order valence-electron chi connectivity index (χ2n) is 7.88. The molecule has 7 heteroatoms. The van der Waals surface area contributed by atoms with E-state index in [0.717, 1.165) is 11.3 Å². The highest BCUT2D eigenvalue weighted by Gasteiger charge is 2.27. The molecule has 0 spiro atoms. The van der Waals surface area contributed by atoms with Crippen molar-refractivity contribution in [3.8, 4) is 0 Å². The molecule has 0 unspecified atom stereocenters. The topological polar surface area (TPSA) is 67.4 Å². The first-order valence-electron chi connectivity index (χ1n) is 10.7. The Bertz CT molecular complexity index is 994. The summed E-state index contributed by atoms with van der Waals surface area (Å²) in [5.74, 6) is 0.413. The van der Waals surface area contributed by atoms with Gasteiger partial charge in [-0.25, -0.2) is 4.39 Å². The standard InChI is InChI=1S/C25H27FN2O4/c26-24-11-5-4-10-23(24)25-13-22(32-27-25)16-28(14-19-7-2-1-3-8-19)15-20(29)17-30-18-21-9-6-12-31-21/h1-12,20,22,29H,13-18H2/t20-,22-/m1/s1. The SMILES string of the molecule is O[C@@H](COCc1ccco1)CN(Cc1ccccc1)C[C@H]1CC(c2ccccc2F)=NO1. The Morgan fingerprint density at radius 1 is 1.09 bits per heavy atom. The fourth-order valence-electron chi connectivity index (χ4n) is 3.75. The molecule has 2 aromatic carbocycles. The molecular formula is C25H27FN2O4. The van der Waals surface area contributed by atoms with Gasteiger partial charge in [0.2, 0.25) is 0 Å². The molecule has 0 bridgehead atoms.